The highest BCUT2D eigenvalue weighted by Gasteiger charge is 2.17. The molecule has 4 aromatic rings. The van der Waals surface area contributed by atoms with Crippen molar-refractivity contribution < 1.29 is 22.6 Å². The van der Waals surface area contributed by atoms with Crippen molar-refractivity contribution in [2.24, 2.45) is 0 Å². The topological polar surface area (TPSA) is 72.9 Å². The standard InChI is InChI=1S/C21H14BrF3N4O2/c1-30-17-7-13(31-10-16-15(24)6-12(23)9-26-16)3-4-14(17)19-20(22)29-21(28-19)11-2-5-18(25)27-8-11/h2-9H,10H2,1H3,(H,28,29). The molecule has 158 valence electrons. The number of halogens is 4. The quantitative estimate of drug-likeness (QED) is 0.371. The van der Waals surface area contributed by atoms with Crippen LogP contribution in [0.1, 0.15) is 5.69 Å². The Morgan fingerprint density at radius 1 is 1.03 bits per heavy atom. The fourth-order valence-corrected chi connectivity index (χ4v) is 3.34. The van der Waals surface area contributed by atoms with Crippen molar-refractivity contribution in [1.82, 2.24) is 19.9 Å². The SMILES string of the molecule is COc1cc(OCc2ncc(F)cc2F)ccc1-c1[nH]c(-c2ccc(F)nc2)nc1Br. The first-order chi connectivity index (χ1) is 14.9. The number of nitrogens with one attached hydrogen (secondary N) is 1. The van der Waals surface area contributed by atoms with Gasteiger partial charge in [-0.15, -0.1) is 0 Å². The van der Waals surface area contributed by atoms with Crippen LogP contribution in [0.15, 0.2) is 53.4 Å². The van der Waals surface area contributed by atoms with E-state index in [1.165, 1.54) is 19.4 Å². The maximum atomic E-state index is 13.7. The zero-order chi connectivity index (χ0) is 22.0. The van der Waals surface area contributed by atoms with Gasteiger partial charge in [0, 0.05) is 29.5 Å². The molecule has 0 aliphatic carbocycles. The number of aromatic amines is 1. The van der Waals surface area contributed by atoms with E-state index in [9.17, 15) is 13.2 Å². The van der Waals surface area contributed by atoms with Gasteiger partial charge in [-0.25, -0.2) is 18.7 Å². The van der Waals surface area contributed by atoms with Gasteiger partial charge >= 0.3 is 0 Å². The molecule has 4 rings (SSSR count). The molecule has 31 heavy (non-hydrogen) atoms. The Morgan fingerprint density at radius 3 is 2.58 bits per heavy atom. The van der Waals surface area contributed by atoms with Crippen LogP contribution < -0.4 is 9.47 Å². The average molecular weight is 491 g/mol. The predicted molar refractivity (Wildman–Crippen MR) is 110 cm³/mol. The number of pyridine rings is 2. The number of nitrogens with zero attached hydrogens (tertiary/aromatic N) is 3. The summed E-state index contributed by atoms with van der Waals surface area (Å²) >= 11 is 3.42. The first-order valence-electron chi connectivity index (χ1n) is 8.93. The molecule has 0 bridgehead atoms. The second-order valence-electron chi connectivity index (χ2n) is 6.35. The lowest BCUT2D eigenvalue weighted by Gasteiger charge is -2.11. The van der Waals surface area contributed by atoms with Crippen molar-refractivity contribution in [3.8, 4) is 34.1 Å². The highest BCUT2D eigenvalue weighted by Crippen LogP contribution is 2.37. The Kier molecular flexibility index (Phi) is 5.90. The van der Waals surface area contributed by atoms with Crippen molar-refractivity contribution in [3.63, 3.8) is 0 Å². The highest BCUT2D eigenvalue weighted by atomic mass is 79.9. The minimum atomic E-state index is -0.784. The lowest BCUT2D eigenvalue weighted by atomic mass is 10.1. The van der Waals surface area contributed by atoms with E-state index in [-0.39, 0.29) is 12.3 Å². The van der Waals surface area contributed by atoms with Crippen LogP contribution in [0.3, 0.4) is 0 Å². The van der Waals surface area contributed by atoms with Gasteiger partial charge in [0.2, 0.25) is 5.95 Å². The summed E-state index contributed by atoms with van der Waals surface area (Å²) in [6.07, 6.45) is 2.30. The van der Waals surface area contributed by atoms with E-state index < -0.39 is 17.6 Å². The Labute approximate surface area is 183 Å². The van der Waals surface area contributed by atoms with Gasteiger partial charge in [0.25, 0.3) is 0 Å². The maximum absolute atomic E-state index is 13.7. The number of ether oxygens (including phenoxy) is 2. The van der Waals surface area contributed by atoms with Crippen LogP contribution in [-0.2, 0) is 6.61 Å². The van der Waals surface area contributed by atoms with Gasteiger partial charge in [-0.3, -0.25) is 4.98 Å². The van der Waals surface area contributed by atoms with Crippen molar-refractivity contribution in [2.45, 2.75) is 6.61 Å². The van der Waals surface area contributed by atoms with Crippen LogP contribution in [0.4, 0.5) is 13.2 Å². The number of methoxy groups -OCH3 is 1. The molecule has 0 spiro atoms. The summed E-state index contributed by atoms with van der Waals surface area (Å²) < 4.78 is 51.4. The third-order valence-corrected chi connectivity index (χ3v) is 4.94. The number of hydrogen-bond donors (Lipinski definition) is 1. The first kappa shape index (κ1) is 20.9. The molecule has 3 heterocycles. The molecule has 0 saturated carbocycles. The van der Waals surface area contributed by atoms with Gasteiger partial charge in [-0.1, -0.05) is 0 Å². The smallest absolute Gasteiger partial charge is 0.212 e. The van der Waals surface area contributed by atoms with Crippen LogP contribution in [0.2, 0.25) is 0 Å². The molecule has 0 unspecified atom stereocenters. The van der Waals surface area contributed by atoms with Gasteiger partial charge < -0.3 is 14.5 Å². The number of hydrogen-bond acceptors (Lipinski definition) is 5. The lowest BCUT2D eigenvalue weighted by molar-refractivity contribution is 0.291. The average Bonchev–Trinajstić information content (AvgIpc) is 3.14. The summed E-state index contributed by atoms with van der Waals surface area (Å²) in [5, 5.41) is 0. The van der Waals surface area contributed by atoms with Crippen molar-refractivity contribution in [2.75, 3.05) is 7.11 Å². The number of H-pyrrole nitrogens is 1. The Hall–Kier alpha value is -3.40. The minimum Gasteiger partial charge on any atom is -0.496 e. The monoisotopic (exact) mass is 490 g/mol. The van der Waals surface area contributed by atoms with Gasteiger partial charge in [-0.05, 0) is 40.2 Å². The van der Waals surface area contributed by atoms with Crippen molar-refractivity contribution in [3.05, 3.63) is 76.7 Å². The van der Waals surface area contributed by atoms with Crippen LogP contribution in [-0.4, -0.2) is 27.0 Å². The van der Waals surface area contributed by atoms with Crippen molar-refractivity contribution >= 4 is 15.9 Å². The zero-order valence-corrected chi connectivity index (χ0v) is 17.6. The van der Waals surface area contributed by atoms with Crippen LogP contribution >= 0.6 is 15.9 Å². The molecule has 0 aliphatic heterocycles. The third-order valence-electron chi connectivity index (χ3n) is 4.36. The highest BCUT2D eigenvalue weighted by molar-refractivity contribution is 9.10. The fraction of sp³-hybridized carbons (Fsp3) is 0.0952. The summed E-state index contributed by atoms with van der Waals surface area (Å²) in [6.45, 7) is -0.177. The molecule has 3 aromatic heterocycles. The van der Waals surface area contributed by atoms with Gasteiger partial charge in [0.1, 0.15) is 40.0 Å². The second-order valence-corrected chi connectivity index (χ2v) is 7.10. The van der Waals surface area contributed by atoms with E-state index in [1.54, 1.807) is 24.3 Å². The maximum Gasteiger partial charge on any atom is 0.212 e. The zero-order valence-electron chi connectivity index (χ0n) is 16.0. The fourth-order valence-electron chi connectivity index (χ4n) is 2.85. The Balaban J connectivity index is 1.59. The molecule has 0 radical (unpaired) electrons. The molecule has 0 atom stereocenters. The van der Waals surface area contributed by atoms with Gasteiger partial charge in [-0.2, -0.15) is 4.39 Å². The number of imidazole rings is 1. The molecule has 10 heteroatoms. The van der Waals surface area contributed by atoms with E-state index >= 15 is 0 Å². The summed E-state index contributed by atoms with van der Waals surface area (Å²) in [7, 11) is 1.50. The van der Waals surface area contributed by atoms with E-state index in [0.29, 0.717) is 38.7 Å². The normalized spacial score (nSPS) is 10.9. The van der Waals surface area contributed by atoms with E-state index in [1.807, 2.05) is 0 Å². The Morgan fingerprint density at radius 2 is 1.87 bits per heavy atom. The van der Waals surface area contributed by atoms with Gasteiger partial charge in [0.05, 0.1) is 19.0 Å². The molecule has 0 fully saturated rings. The van der Waals surface area contributed by atoms with Crippen molar-refractivity contribution in [1.29, 1.82) is 0 Å². The molecule has 0 saturated heterocycles. The molecular formula is C21H14BrF3N4O2. The van der Waals surface area contributed by atoms with Gasteiger partial charge in [0.15, 0.2) is 5.82 Å². The minimum absolute atomic E-state index is 0.0155. The van der Waals surface area contributed by atoms with Crippen LogP contribution in [0.25, 0.3) is 22.6 Å². The first-order valence-corrected chi connectivity index (χ1v) is 9.72. The Bertz CT molecular complexity index is 1230. The number of rotatable bonds is 6. The molecule has 1 N–H and O–H groups in total. The molecule has 6 nitrogen and oxygen atoms in total. The third kappa shape index (κ3) is 4.53. The number of benzene rings is 1. The summed E-state index contributed by atoms with van der Waals surface area (Å²) in [5.41, 5.74) is 1.91. The summed E-state index contributed by atoms with van der Waals surface area (Å²) in [6, 6.07) is 8.60. The largest absolute Gasteiger partial charge is 0.496 e. The van der Waals surface area contributed by atoms with E-state index in [2.05, 4.69) is 35.9 Å². The van der Waals surface area contributed by atoms with Crippen LogP contribution in [0, 0.1) is 17.6 Å². The number of aromatic nitrogens is 4. The molecular weight excluding hydrogens is 477 g/mol. The van der Waals surface area contributed by atoms with E-state index in [4.69, 9.17) is 9.47 Å². The molecule has 1 aromatic carbocycles. The molecule has 0 aliphatic rings. The summed E-state index contributed by atoms with van der Waals surface area (Å²) in [4.78, 5) is 14.9. The van der Waals surface area contributed by atoms with Crippen LogP contribution in [0.5, 0.6) is 11.5 Å². The lowest BCUT2D eigenvalue weighted by Crippen LogP contribution is -2.02. The predicted octanol–water partition coefficient (Wildman–Crippen LogP) is 5.30. The summed E-state index contributed by atoms with van der Waals surface area (Å²) in [5.74, 6) is -0.749. The molecule has 0 amide bonds. The van der Waals surface area contributed by atoms with E-state index in [0.717, 1.165) is 12.3 Å². The second kappa shape index (κ2) is 8.76.